The fraction of sp³-hybridized carbons (Fsp3) is 0.186. The number of ether oxygens (including phenoxy) is 1. The maximum Gasteiger partial charge on any atom is 0.266 e. The van der Waals surface area contributed by atoms with Crippen molar-refractivity contribution in [3.63, 3.8) is 0 Å². The van der Waals surface area contributed by atoms with Gasteiger partial charge in [0.25, 0.3) is 11.8 Å². The minimum Gasteiger partial charge on any atom is -0.454 e. The highest BCUT2D eigenvalue weighted by Crippen LogP contribution is 2.47. The molecule has 0 spiro atoms. The maximum absolute atomic E-state index is 14.4. The van der Waals surface area contributed by atoms with E-state index in [1.807, 2.05) is 91.0 Å². The van der Waals surface area contributed by atoms with E-state index in [0.717, 1.165) is 11.1 Å². The molecule has 2 aliphatic rings. The number of carbonyl (C=O) groups is 3. The Morgan fingerprint density at radius 2 is 1.58 bits per heavy atom. The highest BCUT2D eigenvalue weighted by atomic mass is 79.9. The number of carbonyl (C=O) groups excluding carboxylic acids is 3. The lowest BCUT2D eigenvalue weighted by atomic mass is 9.83. The molecule has 0 radical (unpaired) electrons. The molecule has 0 unspecified atom stereocenters. The van der Waals surface area contributed by atoms with E-state index in [1.54, 1.807) is 64.1 Å². The molecule has 0 aromatic heterocycles. The zero-order valence-corrected chi connectivity index (χ0v) is 30.6. The molecule has 0 saturated carbocycles. The highest BCUT2D eigenvalue weighted by Gasteiger charge is 2.52. The van der Waals surface area contributed by atoms with E-state index in [-0.39, 0.29) is 37.9 Å². The SMILES string of the molecule is C[C@@H](/C=C/CC(=O)N(CCO)Cc1ccccc1)[C@]1(O)C(=O)N(Cc2cccc(N3C(=O)c4ccccc4Oc4ccccc43)c2)c2ccc(Br)cc21. The second kappa shape index (κ2) is 15.2. The van der Waals surface area contributed by atoms with Gasteiger partial charge in [0.1, 0.15) is 5.75 Å². The van der Waals surface area contributed by atoms with E-state index >= 15 is 0 Å². The second-order valence-corrected chi connectivity index (χ2v) is 14.1. The summed E-state index contributed by atoms with van der Waals surface area (Å²) >= 11 is 3.52. The van der Waals surface area contributed by atoms with E-state index in [2.05, 4.69) is 15.9 Å². The average molecular weight is 773 g/mol. The van der Waals surface area contributed by atoms with E-state index < -0.39 is 17.4 Å². The van der Waals surface area contributed by atoms with Gasteiger partial charge in [0, 0.05) is 41.2 Å². The first-order chi connectivity index (χ1) is 25.7. The molecule has 268 valence electrons. The number of hydrogen-bond acceptors (Lipinski definition) is 6. The van der Waals surface area contributed by atoms with E-state index in [9.17, 15) is 24.6 Å². The van der Waals surface area contributed by atoms with Crippen LogP contribution in [0.25, 0.3) is 0 Å². The number of anilines is 3. The summed E-state index contributed by atoms with van der Waals surface area (Å²) in [5, 5.41) is 21.9. The zero-order valence-electron chi connectivity index (χ0n) is 29.1. The van der Waals surface area contributed by atoms with Crippen LogP contribution in [-0.2, 0) is 28.3 Å². The van der Waals surface area contributed by atoms with Crippen molar-refractivity contribution in [1.82, 2.24) is 4.90 Å². The van der Waals surface area contributed by atoms with Gasteiger partial charge >= 0.3 is 0 Å². The molecule has 0 bridgehead atoms. The summed E-state index contributed by atoms with van der Waals surface area (Å²) in [6, 6.07) is 36.9. The van der Waals surface area contributed by atoms with Gasteiger partial charge in [-0.15, -0.1) is 0 Å². The van der Waals surface area contributed by atoms with Crippen molar-refractivity contribution in [2.45, 2.75) is 32.0 Å². The van der Waals surface area contributed by atoms with Crippen molar-refractivity contribution in [1.29, 1.82) is 0 Å². The third kappa shape index (κ3) is 7.01. The summed E-state index contributed by atoms with van der Waals surface area (Å²) in [6.45, 7) is 2.28. The molecule has 10 heteroatoms. The molecule has 5 aromatic carbocycles. The Balaban J connectivity index is 1.14. The van der Waals surface area contributed by atoms with Crippen LogP contribution in [-0.4, -0.2) is 46.0 Å². The van der Waals surface area contributed by atoms with Crippen molar-refractivity contribution in [3.05, 3.63) is 160 Å². The maximum atomic E-state index is 14.4. The standard InChI is InChI=1S/C43H38BrN3O6/c1-29(11-9-20-40(49)45(23-24-48)27-30-12-3-2-4-13-30)43(52)35-26-32(44)21-22-36(35)46(42(43)51)28-31-14-10-15-33(25-31)47-37-17-6-8-19-39(37)53-38-18-7-5-16-34(38)41(47)50/h2-19,21-22,25-26,29,48,52H,20,23-24,27-28H2,1H3/b11-9+/t29-,43+/m0/s1. The Bertz CT molecular complexity index is 2210. The van der Waals surface area contributed by atoms with Crippen LogP contribution in [0.15, 0.2) is 138 Å². The van der Waals surface area contributed by atoms with Crippen molar-refractivity contribution in [3.8, 4) is 11.5 Å². The Morgan fingerprint density at radius 3 is 2.38 bits per heavy atom. The summed E-state index contributed by atoms with van der Waals surface area (Å²) in [5.74, 6) is -0.612. The van der Waals surface area contributed by atoms with Crippen molar-refractivity contribution >= 4 is 50.7 Å². The number of fused-ring (bicyclic) bond motifs is 3. The molecule has 2 atom stereocenters. The number of hydrogen-bond donors (Lipinski definition) is 2. The van der Waals surface area contributed by atoms with Crippen LogP contribution in [0.4, 0.5) is 17.1 Å². The molecule has 5 aromatic rings. The minimum absolute atomic E-state index is 0.0388. The van der Waals surface area contributed by atoms with Gasteiger partial charge in [-0.25, -0.2) is 0 Å². The topological polar surface area (TPSA) is 111 Å². The molecule has 2 aliphatic heterocycles. The minimum atomic E-state index is -1.91. The molecule has 53 heavy (non-hydrogen) atoms. The molecule has 0 aliphatic carbocycles. The molecular formula is C43H38BrN3O6. The Kier molecular flexibility index (Phi) is 10.3. The van der Waals surface area contributed by atoms with Crippen LogP contribution in [0.1, 0.15) is 40.4 Å². The molecule has 2 heterocycles. The summed E-state index contributed by atoms with van der Waals surface area (Å²) < 4.78 is 6.88. The van der Waals surface area contributed by atoms with Crippen LogP contribution in [0.5, 0.6) is 11.5 Å². The number of aliphatic hydroxyl groups excluding tert-OH is 1. The number of aliphatic hydroxyl groups is 2. The lowest BCUT2D eigenvalue weighted by Crippen LogP contribution is -2.44. The van der Waals surface area contributed by atoms with Gasteiger partial charge in [0.05, 0.1) is 30.1 Å². The zero-order chi connectivity index (χ0) is 37.1. The summed E-state index contributed by atoms with van der Waals surface area (Å²) in [5.41, 5.74) is 2.42. The van der Waals surface area contributed by atoms with Gasteiger partial charge < -0.3 is 24.7 Å². The molecule has 7 rings (SSSR count). The fourth-order valence-electron chi connectivity index (χ4n) is 6.98. The third-order valence-electron chi connectivity index (χ3n) is 9.70. The first-order valence-electron chi connectivity index (χ1n) is 17.4. The lowest BCUT2D eigenvalue weighted by Gasteiger charge is -2.28. The number of nitrogens with zero attached hydrogens (tertiary/aromatic N) is 3. The highest BCUT2D eigenvalue weighted by molar-refractivity contribution is 9.10. The Hall–Kier alpha value is -5.55. The van der Waals surface area contributed by atoms with Gasteiger partial charge in [-0.1, -0.05) is 102 Å². The van der Waals surface area contributed by atoms with E-state index in [4.69, 9.17) is 4.74 Å². The van der Waals surface area contributed by atoms with E-state index in [0.29, 0.717) is 50.7 Å². The van der Waals surface area contributed by atoms with Gasteiger partial charge in [0.2, 0.25) is 5.91 Å². The number of halogens is 1. The Morgan fingerprint density at radius 1 is 0.868 bits per heavy atom. The van der Waals surface area contributed by atoms with Crippen molar-refractivity contribution in [2.24, 2.45) is 5.92 Å². The quantitative estimate of drug-likeness (QED) is 0.132. The number of para-hydroxylation sites is 3. The van der Waals surface area contributed by atoms with Crippen LogP contribution in [0, 0.1) is 5.92 Å². The molecular weight excluding hydrogens is 734 g/mol. The monoisotopic (exact) mass is 771 g/mol. The average Bonchev–Trinajstić information content (AvgIpc) is 3.28. The third-order valence-corrected chi connectivity index (χ3v) is 10.2. The Labute approximate surface area is 316 Å². The van der Waals surface area contributed by atoms with Crippen LogP contribution >= 0.6 is 15.9 Å². The van der Waals surface area contributed by atoms with Crippen LogP contribution in [0.3, 0.4) is 0 Å². The molecule has 3 amide bonds. The summed E-state index contributed by atoms with van der Waals surface area (Å²) in [4.78, 5) is 46.4. The number of benzene rings is 5. The predicted molar refractivity (Wildman–Crippen MR) is 207 cm³/mol. The molecule has 0 fully saturated rings. The van der Waals surface area contributed by atoms with Gasteiger partial charge in [-0.3, -0.25) is 19.3 Å². The molecule has 9 nitrogen and oxygen atoms in total. The van der Waals surface area contributed by atoms with Crippen LogP contribution < -0.4 is 14.5 Å². The lowest BCUT2D eigenvalue weighted by molar-refractivity contribution is -0.139. The molecule has 0 saturated heterocycles. The summed E-state index contributed by atoms with van der Waals surface area (Å²) in [7, 11) is 0. The van der Waals surface area contributed by atoms with Gasteiger partial charge in [0.15, 0.2) is 11.4 Å². The van der Waals surface area contributed by atoms with Crippen LogP contribution in [0.2, 0.25) is 0 Å². The first kappa shape index (κ1) is 35.8. The first-order valence-corrected chi connectivity index (χ1v) is 18.2. The fourth-order valence-corrected chi connectivity index (χ4v) is 7.34. The second-order valence-electron chi connectivity index (χ2n) is 13.1. The van der Waals surface area contributed by atoms with E-state index in [1.165, 1.54) is 0 Å². The normalized spacial score (nSPS) is 16.8. The molecule has 2 N–H and O–H groups in total. The predicted octanol–water partition coefficient (Wildman–Crippen LogP) is 7.87. The smallest absolute Gasteiger partial charge is 0.266 e. The van der Waals surface area contributed by atoms with Crippen molar-refractivity contribution in [2.75, 3.05) is 23.0 Å². The van der Waals surface area contributed by atoms with Gasteiger partial charge in [-0.2, -0.15) is 0 Å². The number of amides is 3. The van der Waals surface area contributed by atoms with Gasteiger partial charge in [-0.05, 0) is 65.7 Å². The van der Waals surface area contributed by atoms with Crippen molar-refractivity contribution < 1.29 is 29.3 Å². The number of rotatable bonds is 11. The largest absolute Gasteiger partial charge is 0.454 e. The summed E-state index contributed by atoms with van der Waals surface area (Å²) in [6.07, 6.45) is 3.42.